The van der Waals surface area contributed by atoms with Crippen LogP contribution in [0.4, 0.5) is 11.4 Å². The SMILES string of the molecule is CC1CC(Nc2ccccc2N2CCCC2=O)CCN1C. The van der Waals surface area contributed by atoms with Crippen molar-refractivity contribution in [1.29, 1.82) is 0 Å². The molecule has 2 atom stereocenters. The molecular weight excluding hydrogens is 262 g/mol. The number of hydrogen-bond acceptors (Lipinski definition) is 3. The maximum absolute atomic E-state index is 12.0. The maximum Gasteiger partial charge on any atom is 0.227 e. The lowest BCUT2D eigenvalue weighted by molar-refractivity contribution is -0.117. The Labute approximate surface area is 127 Å². The number of carbonyl (C=O) groups excluding carboxylic acids is 1. The fourth-order valence-corrected chi connectivity index (χ4v) is 3.37. The highest BCUT2D eigenvalue weighted by Crippen LogP contribution is 2.31. The topological polar surface area (TPSA) is 35.6 Å². The largest absolute Gasteiger partial charge is 0.381 e. The molecule has 4 heteroatoms. The third-order valence-electron chi connectivity index (χ3n) is 4.84. The molecule has 2 saturated heterocycles. The van der Waals surface area contributed by atoms with Gasteiger partial charge in [-0.15, -0.1) is 0 Å². The van der Waals surface area contributed by atoms with Crippen LogP contribution in [0.15, 0.2) is 24.3 Å². The van der Waals surface area contributed by atoms with Gasteiger partial charge in [0.15, 0.2) is 0 Å². The minimum atomic E-state index is 0.251. The lowest BCUT2D eigenvalue weighted by atomic mass is 9.98. The summed E-state index contributed by atoms with van der Waals surface area (Å²) in [6.45, 7) is 4.26. The van der Waals surface area contributed by atoms with E-state index in [1.165, 1.54) is 0 Å². The van der Waals surface area contributed by atoms with E-state index in [2.05, 4.69) is 36.3 Å². The van der Waals surface area contributed by atoms with Gasteiger partial charge in [-0.2, -0.15) is 0 Å². The summed E-state index contributed by atoms with van der Waals surface area (Å²) in [4.78, 5) is 16.3. The van der Waals surface area contributed by atoms with Gasteiger partial charge < -0.3 is 15.1 Å². The monoisotopic (exact) mass is 287 g/mol. The predicted octanol–water partition coefficient (Wildman–Crippen LogP) is 2.71. The van der Waals surface area contributed by atoms with Gasteiger partial charge >= 0.3 is 0 Å². The number of benzene rings is 1. The van der Waals surface area contributed by atoms with Gasteiger partial charge in [-0.05, 0) is 45.4 Å². The van der Waals surface area contributed by atoms with E-state index < -0.39 is 0 Å². The van der Waals surface area contributed by atoms with E-state index in [4.69, 9.17) is 0 Å². The summed E-state index contributed by atoms with van der Waals surface area (Å²) in [6, 6.07) is 9.33. The molecule has 4 nitrogen and oxygen atoms in total. The van der Waals surface area contributed by atoms with Crippen LogP contribution in [-0.4, -0.2) is 43.0 Å². The van der Waals surface area contributed by atoms with Crippen molar-refractivity contribution in [3.63, 3.8) is 0 Å². The number of rotatable bonds is 3. The molecule has 0 spiro atoms. The fourth-order valence-electron chi connectivity index (χ4n) is 3.37. The lowest BCUT2D eigenvalue weighted by Crippen LogP contribution is -2.42. The van der Waals surface area contributed by atoms with E-state index in [1.54, 1.807) is 0 Å². The summed E-state index contributed by atoms with van der Waals surface area (Å²) in [5, 5.41) is 3.68. The van der Waals surface area contributed by atoms with Crippen molar-refractivity contribution in [2.45, 2.75) is 44.7 Å². The van der Waals surface area contributed by atoms with Gasteiger partial charge in [0.05, 0.1) is 11.4 Å². The van der Waals surface area contributed by atoms with E-state index in [0.29, 0.717) is 18.5 Å². The zero-order chi connectivity index (χ0) is 14.8. The zero-order valence-corrected chi connectivity index (χ0v) is 13.0. The number of amides is 1. The van der Waals surface area contributed by atoms with Crippen LogP contribution >= 0.6 is 0 Å². The number of nitrogens with one attached hydrogen (secondary N) is 1. The van der Waals surface area contributed by atoms with Crippen molar-refractivity contribution in [3.8, 4) is 0 Å². The van der Waals surface area contributed by atoms with Crippen molar-refractivity contribution < 1.29 is 4.79 Å². The fraction of sp³-hybridized carbons (Fsp3) is 0.588. The molecule has 114 valence electrons. The van der Waals surface area contributed by atoms with Crippen LogP contribution in [0.5, 0.6) is 0 Å². The molecule has 1 aromatic rings. The van der Waals surface area contributed by atoms with Gasteiger partial charge in [-0.25, -0.2) is 0 Å². The number of piperidine rings is 1. The first-order valence-electron chi connectivity index (χ1n) is 8.01. The molecule has 21 heavy (non-hydrogen) atoms. The Morgan fingerprint density at radius 3 is 2.76 bits per heavy atom. The van der Waals surface area contributed by atoms with Crippen molar-refractivity contribution in [2.75, 3.05) is 30.4 Å². The molecule has 1 aromatic carbocycles. The zero-order valence-electron chi connectivity index (χ0n) is 13.0. The highest BCUT2D eigenvalue weighted by Gasteiger charge is 2.26. The number of nitrogens with zero attached hydrogens (tertiary/aromatic N) is 2. The molecular formula is C17H25N3O. The van der Waals surface area contributed by atoms with Gasteiger partial charge in [-0.1, -0.05) is 12.1 Å². The molecule has 2 aliphatic rings. The minimum Gasteiger partial charge on any atom is -0.381 e. The average Bonchev–Trinajstić information content (AvgIpc) is 2.90. The first kappa shape index (κ1) is 14.4. The minimum absolute atomic E-state index is 0.251. The lowest BCUT2D eigenvalue weighted by Gasteiger charge is -2.36. The first-order valence-corrected chi connectivity index (χ1v) is 8.01. The second-order valence-corrected chi connectivity index (χ2v) is 6.36. The summed E-state index contributed by atoms with van der Waals surface area (Å²) < 4.78 is 0. The van der Waals surface area contributed by atoms with E-state index in [0.717, 1.165) is 43.7 Å². The van der Waals surface area contributed by atoms with Crippen LogP contribution in [-0.2, 0) is 4.79 Å². The van der Waals surface area contributed by atoms with E-state index in [1.807, 2.05) is 17.0 Å². The van der Waals surface area contributed by atoms with Crippen LogP contribution in [0.2, 0.25) is 0 Å². The normalized spacial score (nSPS) is 27.1. The number of anilines is 2. The van der Waals surface area contributed by atoms with Crippen LogP contribution in [0.1, 0.15) is 32.6 Å². The standard InChI is InChI=1S/C17H25N3O/c1-13-12-14(9-11-19(13)2)18-15-6-3-4-7-16(15)20-10-5-8-17(20)21/h3-4,6-7,13-14,18H,5,8-12H2,1-2H3. The third-order valence-corrected chi connectivity index (χ3v) is 4.84. The van der Waals surface area contributed by atoms with Gasteiger partial charge in [0.1, 0.15) is 0 Å². The maximum atomic E-state index is 12.0. The Morgan fingerprint density at radius 2 is 2.05 bits per heavy atom. The quantitative estimate of drug-likeness (QED) is 0.928. The molecule has 0 saturated carbocycles. The summed E-state index contributed by atoms with van der Waals surface area (Å²) in [7, 11) is 2.19. The second kappa shape index (κ2) is 6.06. The molecule has 1 amide bonds. The Kier molecular flexibility index (Phi) is 4.15. The molecule has 2 aliphatic heterocycles. The van der Waals surface area contributed by atoms with E-state index >= 15 is 0 Å². The summed E-state index contributed by atoms with van der Waals surface area (Å²) in [6.07, 6.45) is 3.96. The highest BCUT2D eigenvalue weighted by molar-refractivity contribution is 5.98. The summed E-state index contributed by atoms with van der Waals surface area (Å²) >= 11 is 0. The first-order chi connectivity index (χ1) is 10.1. The number of hydrogen-bond donors (Lipinski definition) is 1. The average molecular weight is 287 g/mol. The molecule has 2 fully saturated rings. The van der Waals surface area contributed by atoms with Gasteiger partial charge in [-0.3, -0.25) is 4.79 Å². The van der Waals surface area contributed by atoms with E-state index in [9.17, 15) is 4.79 Å². The van der Waals surface area contributed by atoms with Crippen molar-refractivity contribution in [2.24, 2.45) is 0 Å². The number of likely N-dealkylation sites (tertiary alicyclic amines) is 1. The van der Waals surface area contributed by atoms with Gasteiger partial charge in [0, 0.05) is 31.6 Å². The Balaban J connectivity index is 1.75. The Hall–Kier alpha value is -1.55. The van der Waals surface area contributed by atoms with Gasteiger partial charge in [0.25, 0.3) is 0 Å². The molecule has 0 aromatic heterocycles. The second-order valence-electron chi connectivity index (χ2n) is 6.36. The van der Waals surface area contributed by atoms with Crippen LogP contribution in [0.25, 0.3) is 0 Å². The van der Waals surface area contributed by atoms with Crippen LogP contribution in [0, 0.1) is 0 Å². The van der Waals surface area contributed by atoms with E-state index in [-0.39, 0.29) is 5.91 Å². The summed E-state index contributed by atoms with van der Waals surface area (Å²) in [5.74, 6) is 0.251. The molecule has 1 N–H and O–H groups in total. The van der Waals surface area contributed by atoms with Crippen molar-refractivity contribution in [1.82, 2.24) is 4.90 Å². The molecule has 2 unspecified atom stereocenters. The highest BCUT2D eigenvalue weighted by atomic mass is 16.2. The van der Waals surface area contributed by atoms with Gasteiger partial charge in [0.2, 0.25) is 5.91 Å². The molecule has 0 bridgehead atoms. The molecule has 0 radical (unpaired) electrons. The number of para-hydroxylation sites is 2. The van der Waals surface area contributed by atoms with Crippen LogP contribution < -0.4 is 10.2 Å². The van der Waals surface area contributed by atoms with Crippen molar-refractivity contribution in [3.05, 3.63) is 24.3 Å². The predicted molar refractivity (Wildman–Crippen MR) is 86.8 cm³/mol. The Morgan fingerprint density at radius 1 is 1.24 bits per heavy atom. The third kappa shape index (κ3) is 3.05. The molecule has 3 rings (SSSR count). The Bertz CT molecular complexity index is 517. The van der Waals surface area contributed by atoms with Crippen LogP contribution in [0.3, 0.4) is 0 Å². The molecule has 2 heterocycles. The number of carbonyl (C=O) groups is 1. The smallest absolute Gasteiger partial charge is 0.227 e. The van der Waals surface area contributed by atoms with Crippen molar-refractivity contribution >= 4 is 17.3 Å². The molecule has 0 aliphatic carbocycles. The summed E-state index contributed by atoms with van der Waals surface area (Å²) in [5.41, 5.74) is 2.15.